The molecule has 7 nitrogen and oxygen atoms in total. The van der Waals surface area contributed by atoms with E-state index in [9.17, 15) is 14.4 Å². The number of carbonyl (C=O) groups is 3. The van der Waals surface area contributed by atoms with Gasteiger partial charge in [0.05, 0.1) is 20.6 Å². The van der Waals surface area contributed by atoms with Crippen LogP contribution in [-0.4, -0.2) is 35.9 Å². The normalized spacial score (nSPS) is 11.3. The number of carbonyl (C=O) groups excluding carboxylic acids is 3. The quantitative estimate of drug-likeness (QED) is 0.428. The van der Waals surface area contributed by atoms with Gasteiger partial charge in [0.15, 0.2) is 6.61 Å². The van der Waals surface area contributed by atoms with Gasteiger partial charge in [-0.25, -0.2) is 4.98 Å². The summed E-state index contributed by atoms with van der Waals surface area (Å²) < 4.78 is 6.61. The van der Waals surface area contributed by atoms with Gasteiger partial charge in [-0.2, -0.15) is 0 Å². The number of benzene rings is 2. The molecule has 2 aromatic carbocycles. The third-order valence-electron chi connectivity index (χ3n) is 5.89. The monoisotopic (exact) mass is 467 g/mol. The van der Waals surface area contributed by atoms with Crippen molar-refractivity contribution in [2.24, 2.45) is 11.1 Å². The highest BCUT2D eigenvalue weighted by atomic mass is 32.1. The second-order valence-electron chi connectivity index (χ2n) is 7.91. The summed E-state index contributed by atoms with van der Waals surface area (Å²) in [5, 5.41) is 0.871. The molecule has 1 aromatic heterocycles. The van der Waals surface area contributed by atoms with Gasteiger partial charge in [0.25, 0.3) is 5.91 Å². The zero-order valence-electron chi connectivity index (χ0n) is 19.0. The fraction of sp³-hybridized carbons (Fsp3) is 0.360. The summed E-state index contributed by atoms with van der Waals surface area (Å²) in [6, 6.07) is 16.8. The SMILES string of the molecule is CCC(CC)(Cc1nc2ccccc2s1)C(=O)OCC(=O)N(CCC(N)=O)c1ccccc1. The molecule has 0 saturated carbocycles. The van der Waals surface area contributed by atoms with E-state index in [1.54, 1.807) is 35.6 Å². The summed E-state index contributed by atoms with van der Waals surface area (Å²) in [5.74, 6) is -1.33. The van der Waals surface area contributed by atoms with Crippen molar-refractivity contribution in [2.45, 2.75) is 39.5 Å². The van der Waals surface area contributed by atoms with Gasteiger partial charge in [0, 0.05) is 25.1 Å². The van der Waals surface area contributed by atoms with Crippen LogP contribution >= 0.6 is 11.3 Å². The Kier molecular flexibility index (Phi) is 8.16. The van der Waals surface area contributed by atoms with E-state index in [-0.39, 0.29) is 13.0 Å². The Morgan fingerprint density at radius 3 is 2.33 bits per heavy atom. The van der Waals surface area contributed by atoms with Crippen molar-refractivity contribution in [2.75, 3.05) is 18.1 Å². The number of rotatable bonds is 11. The molecule has 2 amide bonds. The van der Waals surface area contributed by atoms with Crippen LogP contribution in [0.3, 0.4) is 0 Å². The Morgan fingerprint density at radius 1 is 1.03 bits per heavy atom. The van der Waals surface area contributed by atoms with Crippen molar-refractivity contribution >= 4 is 45.0 Å². The maximum Gasteiger partial charge on any atom is 0.312 e. The van der Waals surface area contributed by atoms with E-state index in [0.29, 0.717) is 24.9 Å². The van der Waals surface area contributed by atoms with Crippen molar-refractivity contribution < 1.29 is 19.1 Å². The highest BCUT2D eigenvalue weighted by Crippen LogP contribution is 2.35. The molecule has 2 N–H and O–H groups in total. The fourth-order valence-corrected chi connectivity index (χ4v) is 4.84. The van der Waals surface area contributed by atoms with E-state index in [2.05, 4.69) is 4.98 Å². The predicted molar refractivity (Wildman–Crippen MR) is 130 cm³/mol. The molecule has 33 heavy (non-hydrogen) atoms. The summed E-state index contributed by atoms with van der Waals surface area (Å²) in [6.45, 7) is 3.61. The summed E-state index contributed by atoms with van der Waals surface area (Å²) in [6.07, 6.45) is 1.60. The van der Waals surface area contributed by atoms with Crippen molar-refractivity contribution in [1.29, 1.82) is 0 Å². The molecule has 8 heteroatoms. The molecule has 0 fully saturated rings. The van der Waals surface area contributed by atoms with Crippen LogP contribution in [0.25, 0.3) is 10.2 Å². The molecule has 3 aromatic rings. The van der Waals surface area contributed by atoms with Crippen LogP contribution in [0.2, 0.25) is 0 Å². The van der Waals surface area contributed by atoms with Crippen molar-refractivity contribution in [3.63, 3.8) is 0 Å². The highest BCUT2D eigenvalue weighted by molar-refractivity contribution is 7.18. The average molecular weight is 468 g/mol. The minimum atomic E-state index is -0.765. The first-order chi connectivity index (χ1) is 15.9. The van der Waals surface area contributed by atoms with Crippen LogP contribution < -0.4 is 10.6 Å². The number of ether oxygens (including phenoxy) is 1. The summed E-state index contributed by atoms with van der Waals surface area (Å²) in [5.41, 5.74) is 6.03. The van der Waals surface area contributed by atoms with Crippen LogP contribution in [0.15, 0.2) is 54.6 Å². The zero-order valence-corrected chi connectivity index (χ0v) is 19.8. The minimum Gasteiger partial charge on any atom is -0.455 e. The van der Waals surface area contributed by atoms with Crippen molar-refractivity contribution in [3.8, 4) is 0 Å². The zero-order chi connectivity index (χ0) is 23.8. The van der Waals surface area contributed by atoms with Gasteiger partial charge >= 0.3 is 5.97 Å². The van der Waals surface area contributed by atoms with Crippen LogP contribution in [-0.2, 0) is 25.5 Å². The second-order valence-corrected chi connectivity index (χ2v) is 9.03. The number of para-hydroxylation sites is 2. The predicted octanol–water partition coefficient (Wildman–Crippen LogP) is 4.10. The molecule has 0 unspecified atom stereocenters. The molecule has 3 rings (SSSR count). The highest BCUT2D eigenvalue weighted by Gasteiger charge is 2.38. The number of esters is 1. The Balaban J connectivity index is 1.71. The average Bonchev–Trinajstić information content (AvgIpc) is 3.24. The van der Waals surface area contributed by atoms with Gasteiger partial charge in [-0.3, -0.25) is 14.4 Å². The van der Waals surface area contributed by atoms with E-state index >= 15 is 0 Å². The van der Waals surface area contributed by atoms with E-state index in [1.807, 2.05) is 44.2 Å². The molecule has 0 aliphatic rings. The van der Waals surface area contributed by atoms with Gasteiger partial charge in [-0.05, 0) is 37.1 Å². The van der Waals surface area contributed by atoms with Crippen molar-refractivity contribution in [3.05, 3.63) is 59.6 Å². The van der Waals surface area contributed by atoms with Gasteiger partial charge in [0.2, 0.25) is 5.91 Å². The number of aromatic nitrogens is 1. The van der Waals surface area contributed by atoms with E-state index in [4.69, 9.17) is 10.5 Å². The molecule has 0 bridgehead atoms. The standard InChI is InChI=1S/C25H29N3O4S/c1-3-25(4-2,16-22-27-19-12-8-9-13-20(19)33-22)24(31)32-17-23(30)28(15-14-21(26)29)18-10-6-5-7-11-18/h5-13H,3-4,14-17H2,1-2H3,(H2,26,29). The number of amides is 2. The van der Waals surface area contributed by atoms with Gasteiger partial charge in [0.1, 0.15) is 0 Å². The molecule has 0 spiro atoms. The van der Waals surface area contributed by atoms with E-state index in [0.717, 1.165) is 15.2 Å². The number of anilines is 1. The first-order valence-electron chi connectivity index (χ1n) is 11.0. The van der Waals surface area contributed by atoms with Crippen LogP contribution in [0.4, 0.5) is 5.69 Å². The summed E-state index contributed by atoms with van der Waals surface area (Å²) in [7, 11) is 0. The van der Waals surface area contributed by atoms with E-state index < -0.39 is 29.8 Å². The number of nitrogens with two attached hydrogens (primary N) is 1. The fourth-order valence-electron chi connectivity index (χ4n) is 3.73. The Bertz CT molecular complexity index is 1080. The number of nitrogens with zero attached hydrogens (tertiary/aromatic N) is 2. The third-order valence-corrected chi connectivity index (χ3v) is 6.93. The maximum atomic E-state index is 13.2. The number of fused-ring (bicyclic) bond motifs is 1. The molecule has 0 radical (unpaired) electrons. The van der Waals surface area contributed by atoms with Crippen LogP contribution in [0, 0.1) is 5.41 Å². The first kappa shape index (κ1) is 24.4. The largest absolute Gasteiger partial charge is 0.455 e. The van der Waals surface area contributed by atoms with Crippen LogP contribution in [0.5, 0.6) is 0 Å². The molecule has 174 valence electrons. The molecule has 1 heterocycles. The van der Waals surface area contributed by atoms with Crippen LogP contribution in [0.1, 0.15) is 38.1 Å². The number of hydrogen-bond acceptors (Lipinski definition) is 6. The topological polar surface area (TPSA) is 103 Å². The molecule has 0 aliphatic heterocycles. The van der Waals surface area contributed by atoms with Gasteiger partial charge in [-0.15, -0.1) is 11.3 Å². The molecule has 0 atom stereocenters. The Hall–Kier alpha value is -3.26. The number of thiazole rings is 1. The van der Waals surface area contributed by atoms with Gasteiger partial charge in [-0.1, -0.05) is 44.2 Å². The maximum absolute atomic E-state index is 13.2. The lowest BCUT2D eigenvalue weighted by Gasteiger charge is -2.29. The Labute approximate surface area is 197 Å². The third kappa shape index (κ3) is 5.96. The molecule has 0 aliphatic carbocycles. The number of hydrogen-bond donors (Lipinski definition) is 1. The Morgan fingerprint density at radius 2 is 1.70 bits per heavy atom. The smallest absolute Gasteiger partial charge is 0.312 e. The summed E-state index contributed by atoms with van der Waals surface area (Å²) >= 11 is 1.57. The number of primary amides is 1. The van der Waals surface area contributed by atoms with Crippen molar-refractivity contribution in [1.82, 2.24) is 4.98 Å². The van der Waals surface area contributed by atoms with Gasteiger partial charge < -0.3 is 15.4 Å². The summed E-state index contributed by atoms with van der Waals surface area (Å²) in [4.78, 5) is 43.5. The lowest BCUT2D eigenvalue weighted by molar-refractivity contribution is -0.159. The van der Waals surface area contributed by atoms with E-state index in [1.165, 1.54) is 4.90 Å². The molecule has 0 saturated heterocycles. The minimum absolute atomic E-state index is 0.0139. The second kappa shape index (κ2) is 11.0. The lowest BCUT2D eigenvalue weighted by atomic mass is 9.79. The molecular formula is C25H29N3O4S. The lowest BCUT2D eigenvalue weighted by Crippen LogP contribution is -2.40. The molecular weight excluding hydrogens is 438 g/mol. The first-order valence-corrected chi connectivity index (χ1v) is 11.9.